The van der Waals surface area contributed by atoms with Crippen molar-refractivity contribution < 1.29 is 23.8 Å². The number of benzene rings is 5. The number of ether oxygens (including phenoxy) is 3. The normalized spacial score (nSPS) is 13.5. The van der Waals surface area contributed by atoms with Crippen molar-refractivity contribution in [1.82, 2.24) is 25.1 Å². The van der Waals surface area contributed by atoms with E-state index in [0.29, 0.717) is 5.82 Å². The van der Waals surface area contributed by atoms with E-state index in [4.69, 9.17) is 24.5 Å². The van der Waals surface area contributed by atoms with E-state index in [9.17, 15) is 9.59 Å². The monoisotopic (exact) mass is 763 g/mol. The van der Waals surface area contributed by atoms with Gasteiger partial charge in [-0.05, 0) is 90.3 Å². The van der Waals surface area contributed by atoms with Crippen molar-refractivity contribution in [1.29, 1.82) is 0 Å². The molecule has 6 aromatic rings. The van der Waals surface area contributed by atoms with Gasteiger partial charge in [-0.25, -0.2) is 14.3 Å². The van der Waals surface area contributed by atoms with E-state index < -0.39 is 23.4 Å². The van der Waals surface area contributed by atoms with E-state index in [0.717, 1.165) is 71.0 Å². The lowest BCUT2D eigenvalue weighted by Gasteiger charge is -2.36. The van der Waals surface area contributed by atoms with Crippen molar-refractivity contribution >= 4 is 12.2 Å². The molecule has 5 aromatic carbocycles. The van der Waals surface area contributed by atoms with Gasteiger partial charge in [-0.15, -0.1) is 5.10 Å². The number of hydrogen-bond donors (Lipinski definition) is 0. The first-order valence-electron chi connectivity index (χ1n) is 19.7. The van der Waals surface area contributed by atoms with Gasteiger partial charge in [0.25, 0.3) is 0 Å². The van der Waals surface area contributed by atoms with Gasteiger partial charge in [0.1, 0.15) is 23.9 Å². The zero-order chi connectivity index (χ0) is 39.7. The van der Waals surface area contributed by atoms with E-state index in [1.165, 1.54) is 0 Å². The van der Waals surface area contributed by atoms with Crippen LogP contribution < -0.4 is 0 Å². The van der Waals surface area contributed by atoms with Crippen molar-refractivity contribution in [2.24, 2.45) is 0 Å². The van der Waals surface area contributed by atoms with Crippen molar-refractivity contribution in [3.63, 3.8) is 0 Å². The van der Waals surface area contributed by atoms with Gasteiger partial charge >= 0.3 is 12.2 Å². The highest BCUT2D eigenvalue weighted by atomic mass is 16.7. The Hall–Kier alpha value is -6.29. The molecule has 1 saturated carbocycles. The SMILES string of the molecule is CC(C)(C)OC(=O)N(CCOC(=O)OC1CCCCC1)Cc1ccc(-c2ccccc2-c2nnnn2C(c2ccccc2)(c2ccccc2)c2ccccc2)cc1. The van der Waals surface area contributed by atoms with Crippen LogP contribution in [0.2, 0.25) is 0 Å². The van der Waals surface area contributed by atoms with Crippen molar-refractivity contribution in [3.05, 3.63) is 162 Å². The Morgan fingerprint density at radius 2 is 1.25 bits per heavy atom. The average molecular weight is 764 g/mol. The minimum absolute atomic E-state index is 0.0125. The lowest BCUT2D eigenvalue weighted by atomic mass is 9.77. The van der Waals surface area contributed by atoms with Crippen LogP contribution in [0.5, 0.6) is 0 Å². The van der Waals surface area contributed by atoms with Gasteiger partial charge < -0.3 is 19.1 Å². The molecule has 0 spiro atoms. The molecule has 0 unspecified atom stereocenters. The maximum Gasteiger partial charge on any atom is 0.508 e. The number of nitrogens with zero attached hydrogens (tertiary/aromatic N) is 5. The highest BCUT2D eigenvalue weighted by Gasteiger charge is 2.42. The van der Waals surface area contributed by atoms with E-state index in [-0.39, 0.29) is 25.8 Å². The number of carbonyl (C=O) groups is 2. The highest BCUT2D eigenvalue weighted by Crippen LogP contribution is 2.43. The smallest absolute Gasteiger partial charge is 0.444 e. The zero-order valence-corrected chi connectivity index (χ0v) is 32.8. The van der Waals surface area contributed by atoms with Crippen LogP contribution in [0.15, 0.2) is 140 Å². The molecule has 10 nitrogen and oxygen atoms in total. The van der Waals surface area contributed by atoms with E-state index >= 15 is 0 Å². The Morgan fingerprint density at radius 1 is 0.702 bits per heavy atom. The molecule has 57 heavy (non-hydrogen) atoms. The molecule has 1 amide bonds. The van der Waals surface area contributed by atoms with Gasteiger partial charge in [0.05, 0.1) is 6.54 Å². The Morgan fingerprint density at radius 3 is 1.81 bits per heavy atom. The van der Waals surface area contributed by atoms with Crippen molar-refractivity contribution in [2.75, 3.05) is 13.2 Å². The summed E-state index contributed by atoms with van der Waals surface area (Å²) in [7, 11) is 0. The molecule has 0 radical (unpaired) electrons. The zero-order valence-electron chi connectivity index (χ0n) is 32.8. The maximum absolute atomic E-state index is 13.4. The minimum Gasteiger partial charge on any atom is -0.444 e. The fourth-order valence-electron chi connectivity index (χ4n) is 7.58. The predicted octanol–water partition coefficient (Wildman–Crippen LogP) is 10.1. The van der Waals surface area contributed by atoms with Gasteiger partial charge in [-0.1, -0.05) is 146 Å². The van der Waals surface area contributed by atoms with Crippen LogP contribution in [0.1, 0.15) is 75.1 Å². The van der Waals surface area contributed by atoms with E-state index in [1.807, 2.05) is 123 Å². The van der Waals surface area contributed by atoms with Gasteiger partial charge in [-0.3, -0.25) is 0 Å². The first kappa shape index (κ1) is 39.0. The van der Waals surface area contributed by atoms with Crippen molar-refractivity contribution in [2.45, 2.75) is 76.7 Å². The van der Waals surface area contributed by atoms with Gasteiger partial charge in [0.15, 0.2) is 5.82 Å². The van der Waals surface area contributed by atoms with E-state index in [1.54, 1.807) is 4.90 Å². The topological polar surface area (TPSA) is 109 Å². The third-order valence-electron chi connectivity index (χ3n) is 10.2. The third-order valence-corrected chi connectivity index (χ3v) is 10.2. The molecule has 0 bridgehead atoms. The first-order chi connectivity index (χ1) is 27.7. The van der Waals surface area contributed by atoms with Gasteiger partial charge in [-0.2, -0.15) is 0 Å². The van der Waals surface area contributed by atoms with E-state index in [2.05, 4.69) is 47.7 Å². The lowest BCUT2D eigenvalue weighted by Crippen LogP contribution is -2.39. The molecular formula is C47H49N5O5. The lowest BCUT2D eigenvalue weighted by molar-refractivity contribution is -0.00155. The largest absolute Gasteiger partial charge is 0.508 e. The number of carbonyl (C=O) groups excluding carboxylic acids is 2. The van der Waals surface area contributed by atoms with Gasteiger partial charge in [0.2, 0.25) is 0 Å². The summed E-state index contributed by atoms with van der Waals surface area (Å²) in [6.07, 6.45) is 3.66. The molecule has 0 aliphatic heterocycles. The van der Waals surface area contributed by atoms with Gasteiger partial charge in [0, 0.05) is 12.1 Å². The van der Waals surface area contributed by atoms with Crippen LogP contribution in [0.3, 0.4) is 0 Å². The van der Waals surface area contributed by atoms with Crippen LogP contribution in [0, 0.1) is 0 Å². The average Bonchev–Trinajstić information content (AvgIpc) is 3.72. The molecule has 292 valence electrons. The molecule has 1 aromatic heterocycles. The second kappa shape index (κ2) is 17.7. The summed E-state index contributed by atoms with van der Waals surface area (Å²) in [5.74, 6) is 0.601. The number of tetrazole rings is 1. The second-order valence-corrected chi connectivity index (χ2v) is 15.3. The molecule has 7 rings (SSSR count). The Labute approximate surface area is 334 Å². The first-order valence-corrected chi connectivity index (χ1v) is 19.7. The molecule has 1 aliphatic rings. The van der Waals surface area contributed by atoms with Crippen LogP contribution in [0.25, 0.3) is 22.5 Å². The summed E-state index contributed by atoms with van der Waals surface area (Å²) >= 11 is 0. The number of hydrogen-bond acceptors (Lipinski definition) is 8. The second-order valence-electron chi connectivity index (χ2n) is 15.3. The minimum atomic E-state index is -0.902. The number of amides is 1. The standard InChI is InChI=1S/C47H49N5O5/c1-46(2,3)57-44(53)51(32-33-55-45(54)56-40-24-14-7-15-25-40)34-35-28-30-36(31-29-35)41-26-16-17-27-42(41)43-48-49-50-52(43)47(37-18-8-4-9-19-37,38-20-10-5-11-21-38)39-22-12-6-13-23-39/h4-6,8-13,16-23,26-31,40H,7,14-15,24-25,32-34H2,1-3H3. The quantitative estimate of drug-likeness (QED) is 0.0896. The predicted molar refractivity (Wildman–Crippen MR) is 219 cm³/mol. The fourth-order valence-corrected chi connectivity index (χ4v) is 7.58. The fraction of sp³-hybridized carbons (Fsp3) is 0.298. The molecule has 1 aliphatic carbocycles. The van der Waals surface area contributed by atoms with Crippen molar-refractivity contribution in [3.8, 4) is 22.5 Å². The molecule has 0 N–H and O–H groups in total. The number of aromatic nitrogens is 4. The molecule has 1 fully saturated rings. The maximum atomic E-state index is 13.4. The molecular weight excluding hydrogens is 715 g/mol. The molecule has 0 atom stereocenters. The Bertz CT molecular complexity index is 2120. The molecule has 10 heteroatoms. The molecule has 1 heterocycles. The van der Waals surface area contributed by atoms with Crippen LogP contribution >= 0.6 is 0 Å². The van der Waals surface area contributed by atoms with Crippen LogP contribution in [-0.4, -0.2) is 62.2 Å². The highest BCUT2D eigenvalue weighted by molar-refractivity contribution is 5.81. The number of rotatable bonds is 12. The molecule has 0 saturated heterocycles. The third kappa shape index (κ3) is 9.07. The summed E-state index contributed by atoms with van der Waals surface area (Å²) < 4.78 is 18.6. The van der Waals surface area contributed by atoms with Crippen LogP contribution in [-0.2, 0) is 26.3 Å². The summed E-state index contributed by atoms with van der Waals surface area (Å²) in [4.78, 5) is 27.3. The Balaban J connectivity index is 1.18. The Kier molecular flexibility index (Phi) is 12.1. The summed E-state index contributed by atoms with van der Waals surface area (Å²) in [6, 6.07) is 47.1. The van der Waals surface area contributed by atoms with Crippen LogP contribution in [0.4, 0.5) is 9.59 Å². The summed E-state index contributed by atoms with van der Waals surface area (Å²) in [5, 5.41) is 13.7. The summed E-state index contributed by atoms with van der Waals surface area (Å²) in [6.45, 7) is 5.87. The summed E-state index contributed by atoms with van der Waals surface area (Å²) in [5.41, 5.74) is 5.07.